The van der Waals surface area contributed by atoms with E-state index in [0.717, 1.165) is 0 Å². The summed E-state index contributed by atoms with van der Waals surface area (Å²) in [5.74, 6) is 0. The fraction of sp³-hybridized carbons (Fsp3) is 0. The van der Waals surface area contributed by atoms with Crippen LogP contribution < -0.4 is 0 Å². The van der Waals surface area contributed by atoms with Crippen LogP contribution in [0.15, 0.2) is 29.6 Å². The zero-order valence-corrected chi connectivity index (χ0v) is 6.69. The van der Waals surface area contributed by atoms with Crippen molar-refractivity contribution in [1.82, 2.24) is 0 Å². The zero-order valence-electron chi connectivity index (χ0n) is 5.94. The second-order valence-corrected chi connectivity index (χ2v) is 2.08. The highest BCUT2D eigenvalue weighted by Gasteiger charge is 1.92. The minimum Gasteiger partial charge on any atom is -0.379 e. The predicted octanol–water partition coefficient (Wildman–Crippen LogP) is 2.35. The zero-order chi connectivity index (χ0) is 9.40. The van der Waals surface area contributed by atoms with E-state index in [1.807, 2.05) is 6.07 Å². The lowest BCUT2D eigenvalue weighted by molar-refractivity contribution is 0.312. The first-order chi connectivity index (χ1) is 5.76. The van der Waals surface area contributed by atoms with Crippen LogP contribution in [0.1, 0.15) is 5.56 Å². The Balaban J connectivity index is 0.000000354. The van der Waals surface area contributed by atoms with E-state index in [9.17, 15) is 0 Å². The Hall–Kier alpha value is -1.60. The molecule has 0 spiro atoms. The van der Waals surface area contributed by atoms with E-state index in [1.165, 1.54) is 5.34 Å². The second kappa shape index (κ2) is 6.13. The molecule has 12 heavy (non-hydrogen) atoms. The van der Waals surface area contributed by atoms with Crippen molar-refractivity contribution < 1.29 is 5.21 Å². The minimum absolute atomic E-state index is 0.514. The summed E-state index contributed by atoms with van der Waals surface area (Å²) in [5.41, 5.74) is 0.527. The third kappa shape index (κ3) is 3.54. The van der Waals surface area contributed by atoms with Gasteiger partial charge in [0.05, 0.1) is 10.6 Å². The van der Waals surface area contributed by atoms with Crippen LogP contribution in [0.25, 0.3) is 0 Å². The van der Waals surface area contributed by atoms with E-state index in [-0.39, 0.29) is 0 Å². The first kappa shape index (κ1) is 10.4. The summed E-state index contributed by atoms with van der Waals surface area (Å²) in [5, 5.41) is 16.8. The summed E-state index contributed by atoms with van der Waals surface area (Å²) < 4.78 is 0. The van der Waals surface area contributed by atoms with E-state index in [0.29, 0.717) is 10.6 Å². The van der Waals surface area contributed by atoms with Gasteiger partial charge in [-0.05, 0) is 12.1 Å². The summed E-state index contributed by atoms with van der Waals surface area (Å²) in [7, 11) is 0. The predicted molar refractivity (Wildman–Crippen MR) is 43.7 cm³/mol. The number of hydrogen-bond donors (Lipinski definition) is 1. The molecule has 1 aromatic rings. The molecule has 1 N–H and O–H groups in total. The van der Waals surface area contributed by atoms with Crippen LogP contribution in [0.4, 0.5) is 0 Å². The molecule has 5 heteroatoms. The molecule has 0 radical (unpaired) electrons. The molecule has 1 rings (SSSR count). The Morgan fingerprint density at radius 3 is 2.33 bits per heavy atom. The number of halogens is 1. The molecule has 4 nitrogen and oxygen atoms in total. The highest BCUT2D eigenvalue weighted by atomic mass is 35.5. The van der Waals surface area contributed by atoms with Gasteiger partial charge in [-0.15, -0.1) is 4.91 Å². The number of rotatable bonds is 0. The molecule has 0 aromatic heterocycles. The second-order valence-electron chi connectivity index (χ2n) is 1.67. The van der Waals surface area contributed by atoms with Crippen LogP contribution >= 0.6 is 11.6 Å². The molecule has 62 valence electrons. The van der Waals surface area contributed by atoms with E-state index in [4.69, 9.17) is 27.0 Å². The molecule has 0 heterocycles. The Bertz CT molecular complexity index is 296. The van der Waals surface area contributed by atoms with Crippen LogP contribution in [0.2, 0.25) is 5.02 Å². The summed E-state index contributed by atoms with van der Waals surface area (Å²) >= 11 is 5.60. The van der Waals surface area contributed by atoms with Crippen LogP contribution in [-0.2, 0) is 0 Å². The summed E-state index contributed by atoms with van der Waals surface area (Å²) in [6.45, 7) is 0. The number of nitrogens with zero attached hydrogens (tertiary/aromatic N) is 2. The van der Waals surface area contributed by atoms with Crippen molar-refractivity contribution in [3.8, 4) is 6.07 Å². The molecule has 0 aliphatic heterocycles. The molecule has 0 saturated heterocycles. The topological polar surface area (TPSA) is 73.5 Å². The number of nitriles is 1. The van der Waals surface area contributed by atoms with Gasteiger partial charge >= 0.3 is 0 Å². The number of benzene rings is 1. The molecule has 1 aromatic carbocycles. The quantitative estimate of drug-likeness (QED) is 0.497. The van der Waals surface area contributed by atoms with Gasteiger partial charge in [0.2, 0.25) is 0 Å². The van der Waals surface area contributed by atoms with E-state index in [2.05, 4.69) is 0 Å². The third-order valence-electron chi connectivity index (χ3n) is 0.994. The Kier molecular flexibility index (Phi) is 5.31. The maximum Gasteiger partial charge on any atom is 0.152 e. The first-order valence-corrected chi connectivity index (χ1v) is 3.25. The summed E-state index contributed by atoms with van der Waals surface area (Å²) in [6.07, 6.45) is 0. The van der Waals surface area contributed by atoms with Crippen LogP contribution in [0.3, 0.4) is 0 Å². The minimum atomic E-state index is 0.514. The number of hydrogen-bond acceptors (Lipinski definition) is 3. The molecule has 0 aliphatic rings. The molecule has 0 atom stereocenters. The largest absolute Gasteiger partial charge is 0.379 e. The van der Waals surface area contributed by atoms with E-state index < -0.39 is 0 Å². The molecular weight excluding hydrogens is 180 g/mol. The maximum atomic E-state index is 8.38. The lowest BCUT2D eigenvalue weighted by Crippen LogP contribution is -1.71. The van der Waals surface area contributed by atoms with Gasteiger partial charge in [0.1, 0.15) is 6.07 Å². The van der Waals surface area contributed by atoms with Crippen molar-refractivity contribution in [3.05, 3.63) is 39.8 Å². The lowest BCUT2D eigenvalue weighted by Gasteiger charge is -1.88. The van der Waals surface area contributed by atoms with Crippen molar-refractivity contribution in [3.63, 3.8) is 0 Å². The third-order valence-corrected chi connectivity index (χ3v) is 1.32. The molecule has 0 saturated carbocycles. The first-order valence-electron chi connectivity index (χ1n) is 2.87. The molecule has 0 bridgehead atoms. The SMILES string of the molecule is N#Cc1ccccc1Cl.O=NO. The van der Waals surface area contributed by atoms with Crippen LogP contribution in [0, 0.1) is 16.2 Å². The average Bonchev–Trinajstić information content (AvgIpc) is 2.07. The van der Waals surface area contributed by atoms with Gasteiger partial charge in [-0.1, -0.05) is 23.7 Å². The van der Waals surface area contributed by atoms with Crippen molar-refractivity contribution in [2.45, 2.75) is 0 Å². The van der Waals surface area contributed by atoms with Gasteiger partial charge in [0, 0.05) is 0 Å². The van der Waals surface area contributed by atoms with Crippen molar-refractivity contribution in [2.24, 2.45) is 5.34 Å². The van der Waals surface area contributed by atoms with E-state index in [1.54, 1.807) is 24.3 Å². The van der Waals surface area contributed by atoms with Gasteiger partial charge in [0.15, 0.2) is 5.34 Å². The normalized spacial score (nSPS) is 7.33. The lowest BCUT2D eigenvalue weighted by atomic mass is 10.2. The Morgan fingerprint density at radius 1 is 1.50 bits per heavy atom. The fourth-order valence-corrected chi connectivity index (χ4v) is 0.730. The average molecular weight is 185 g/mol. The highest BCUT2D eigenvalue weighted by Crippen LogP contribution is 2.12. The molecule has 0 fully saturated rings. The fourth-order valence-electron chi connectivity index (χ4n) is 0.552. The Labute approximate surface area is 73.9 Å². The van der Waals surface area contributed by atoms with Gasteiger partial charge in [-0.3, -0.25) is 0 Å². The van der Waals surface area contributed by atoms with Gasteiger partial charge in [-0.25, -0.2) is 0 Å². The monoisotopic (exact) mass is 184 g/mol. The van der Waals surface area contributed by atoms with Crippen LogP contribution in [-0.4, -0.2) is 5.21 Å². The van der Waals surface area contributed by atoms with Crippen LogP contribution in [0.5, 0.6) is 0 Å². The van der Waals surface area contributed by atoms with E-state index >= 15 is 0 Å². The highest BCUT2D eigenvalue weighted by molar-refractivity contribution is 6.31. The van der Waals surface area contributed by atoms with Crippen molar-refractivity contribution >= 4 is 11.6 Å². The Morgan fingerprint density at radius 2 is 2.00 bits per heavy atom. The van der Waals surface area contributed by atoms with Gasteiger partial charge in [-0.2, -0.15) is 5.26 Å². The molecule has 0 amide bonds. The smallest absolute Gasteiger partial charge is 0.152 e. The maximum absolute atomic E-state index is 8.38. The van der Waals surface area contributed by atoms with Crippen molar-refractivity contribution in [2.75, 3.05) is 0 Å². The molecule has 0 unspecified atom stereocenters. The molecule has 0 aliphatic carbocycles. The van der Waals surface area contributed by atoms with Gasteiger partial charge < -0.3 is 5.21 Å². The van der Waals surface area contributed by atoms with Crippen molar-refractivity contribution in [1.29, 1.82) is 5.26 Å². The standard InChI is InChI=1S/C7H4ClN.HNO2/c8-7-4-2-1-3-6(7)5-9;2-1-3/h1-4H;(H,2,3). The summed E-state index contributed by atoms with van der Waals surface area (Å²) in [4.78, 5) is 8.11. The summed E-state index contributed by atoms with van der Waals surface area (Å²) in [6, 6.07) is 8.92. The van der Waals surface area contributed by atoms with Gasteiger partial charge in [0.25, 0.3) is 0 Å². The molecular formula is C7H5ClN2O2.